The Morgan fingerprint density at radius 3 is 2.95 bits per heavy atom. The molecular weight excluding hydrogens is 318 g/mol. The number of ether oxygens (including phenoxy) is 2. The number of hydrogen-bond donors (Lipinski definition) is 0. The van der Waals surface area contributed by atoms with Gasteiger partial charge in [-0.15, -0.1) is 22.7 Å². The molecule has 1 saturated heterocycles. The summed E-state index contributed by atoms with van der Waals surface area (Å²) in [6.45, 7) is 2.18. The zero-order chi connectivity index (χ0) is 14.9. The fourth-order valence-corrected chi connectivity index (χ4v) is 4.88. The Morgan fingerprint density at radius 1 is 1.23 bits per heavy atom. The monoisotopic (exact) mass is 335 g/mol. The van der Waals surface area contributed by atoms with Gasteiger partial charge in [-0.3, -0.25) is 4.79 Å². The molecule has 0 bridgehead atoms. The maximum Gasteiger partial charge on any atom is 0.254 e. The molecule has 2 aromatic rings. The van der Waals surface area contributed by atoms with E-state index < -0.39 is 6.10 Å². The van der Waals surface area contributed by atoms with Crippen LogP contribution < -0.4 is 0 Å². The molecule has 2 aliphatic heterocycles. The van der Waals surface area contributed by atoms with Crippen LogP contribution in [0.5, 0.6) is 0 Å². The highest BCUT2D eigenvalue weighted by Crippen LogP contribution is 2.39. The van der Waals surface area contributed by atoms with Crippen molar-refractivity contribution in [2.45, 2.75) is 18.6 Å². The average molecular weight is 335 g/mol. The van der Waals surface area contributed by atoms with Gasteiger partial charge < -0.3 is 14.4 Å². The smallest absolute Gasteiger partial charge is 0.254 e. The molecule has 0 aromatic carbocycles. The summed E-state index contributed by atoms with van der Waals surface area (Å²) >= 11 is 3.49. The standard InChI is InChI=1S/C16H17NO3S2/c18-16(12-10-19-6-7-20-12)17-5-3-13-11(4-9-22-13)15(17)14-2-1-8-21-14/h1-2,4,8-9,12,15H,3,5-7,10H2/t12-,15-/m1/s1. The van der Waals surface area contributed by atoms with Crippen molar-refractivity contribution in [3.05, 3.63) is 44.3 Å². The van der Waals surface area contributed by atoms with Crippen molar-refractivity contribution >= 4 is 28.6 Å². The summed E-state index contributed by atoms with van der Waals surface area (Å²) in [6, 6.07) is 6.33. The molecule has 1 fully saturated rings. The van der Waals surface area contributed by atoms with Gasteiger partial charge in [-0.2, -0.15) is 0 Å². The van der Waals surface area contributed by atoms with Gasteiger partial charge in [-0.1, -0.05) is 6.07 Å². The van der Waals surface area contributed by atoms with Crippen LogP contribution in [0.3, 0.4) is 0 Å². The van der Waals surface area contributed by atoms with E-state index in [1.807, 2.05) is 11.0 Å². The fourth-order valence-electron chi connectivity index (χ4n) is 3.12. The zero-order valence-corrected chi connectivity index (χ0v) is 13.7. The molecule has 1 amide bonds. The van der Waals surface area contributed by atoms with Crippen LogP contribution in [0.25, 0.3) is 0 Å². The van der Waals surface area contributed by atoms with Crippen molar-refractivity contribution in [3.8, 4) is 0 Å². The van der Waals surface area contributed by atoms with Crippen molar-refractivity contribution in [1.29, 1.82) is 0 Å². The lowest BCUT2D eigenvalue weighted by molar-refractivity contribution is -0.159. The van der Waals surface area contributed by atoms with E-state index >= 15 is 0 Å². The zero-order valence-electron chi connectivity index (χ0n) is 12.1. The fraction of sp³-hybridized carbons (Fsp3) is 0.438. The number of amides is 1. The van der Waals surface area contributed by atoms with Crippen molar-refractivity contribution in [2.75, 3.05) is 26.4 Å². The normalized spacial score (nSPS) is 25.0. The quantitative estimate of drug-likeness (QED) is 0.847. The first-order valence-corrected chi connectivity index (χ1v) is 9.20. The summed E-state index contributed by atoms with van der Waals surface area (Å²) in [5.41, 5.74) is 1.27. The van der Waals surface area contributed by atoms with E-state index in [4.69, 9.17) is 9.47 Å². The molecule has 4 rings (SSSR count). The SMILES string of the molecule is O=C([C@H]1COCCO1)N1CCc2sccc2[C@@H]1c1cccs1. The second-order valence-electron chi connectivity index (χ2n) is 5.43. The number of hydrogen-bond acceptors (Lipinski definition) is 5. The molecule has 0 aliphatic carbocycles. The van der Waals surface area contributed by atoms with Crippen LogP contribution in [-0.4, -0.2) is 43.3 Å². The Hall–Kier alpha value is -1.21. The van der Waals surface area contributed by atoms with Crippen LogP contribution >= 0.6 is 22.7 Å². The molecule has 4 heterocycles. The minimum atomic E-state index is -0.462. The second-order valence-corrected chi connectivity index (χ2v) is 7.41. The van der Waals surface area contributed by atoms with Gasteiger partial charge in [0, 0.05) is 16.3 Å². The Morgan fingerprint density at radius 2 is 2.18 bits per heavy atom. The molecule has 116 valence electrons. The first-order valence-electron chi connectivity index (χ1n) is 7.44. The van der Waals surface area contributed by atoms with Gasteiger partial charge in [-0.05, 0) is 34.9 Å². The largest absolute Gasteiger partial charge is 0.376 e. The Balaban J connectivity index is 1.67. The van der Waals surface area contributed by atoms with Gasteiger partial charge in [-0.25, -0.2) is 0 Å². The molecule has 6 heteroatoms. The third-order valence-electron chi connectivity index (χ3n) is 4.15. The number of thiophene rings is 2. The molecule has 0 unspecified atom stereocenters. The molecule has 0 radical (unpaired) electrons. The number of carbonyl (C=O) groups is 1. The summed E-state index contributed by atoms with van der Waals surface area (Å²) in [7, 11) is 0. The van der Waals surface area contributed by atoms with E-state index in [2.05, 4.69) is 22.9 Å². The molecule has 2 aromatic heterocycles. The van der Waals surface area contributed by atoms with E-state index in [0.29, 0.717) is 19.8 Å². The number of rotatable bonds is 2. The predicted molar refractivity (Wildman–Crippen MR) is 86.5 cm³/mol. The van der Waals surface area contributed by atoms with E-state index in [-0.39, 0.29) is 11.9 Å². The lowest BCUT2D eigenvalue weighted by Gasteiger charge is -2.38. The summed E-state index contributed by atoms with van der Waals surface area (Å²) in [5.74, 6) is 0.0509. The van der Waals surface area contributed by atoms with Gasteiger partial charge >= 0.3 is 0 Å². The minimum Gasteiger partial charge on any atom is -0.376 e. The topological polar surface area (TPSA) is 38.8 Å². The van der Waals surface area contributed by atoms with E-state index in [1.54, 1.807) is 22.7 Å². The highest BCUT2D eigenvalue weighted by atomic mass is 32.1. The Labute approximate surface area is 137 Å². The molecule has 4 nitrogen and oxygen atoms in total. The van der Waals surface area contributed by atoms with Crippen molar-refractivity contribution in [2.24, 2.45) is 0 Å². The highest BCUT2D eigenvalue weighted by molar-refractivity contribution is 7.10. The van der Waals surface area contributed by atoms with E-state index in [1.165, 1.54) is 15.3 Å². The number of carbonyl (C=O) groups excluding carboxylic acids is 1. The molecule has 0 N–H and O–H groups in total. The van der Waals surface area contributed by atoms with E-state index in [9.17, 15) is 4.79 Å². The third-order valence-corrected chi connectivity index (χ3v) is 6.07. The van der Waals surface area contributed by atoms with E-state index in [0.717, 1.165) is 13.0 Å². The third kappa shape index (κ3) is 2.50. The maximum atomic E-state index is 12.9. The second kappa shape index (κ2) is 6.12. The highest BCUT2D eigenvalue weighted by Gasteiger charge is 2.37. The molecule has 0 saturated carbocycles. The minimum absolute atomic E-state index is 0.0213. The van der Waals surface area contributed by atoms with Crippen LogP contribution in [-0.2, 0) is 20.7 Å². The van der Waals surface area contributed by atoms with Crippen molar-refractivity contribution in [3.63, 3.8) is 0 Å². The van der Waals surface area contributed by atoms with Gasteiger partial charge in [0.25, 0.3) is 5.91 Å². The lowest BCUT2D eigenvalue weighted by Crippen LogP contribution is -2.48. The van der Waals surface area contributed by atoms with Crippen LogP contribution in [0, 0.1) is 0 Å². The predicted octanol–water partition coefficient (Wildman–Crippen LogP) is 2.70. The summed E-state index contributed by atoms with van der Waals surface area (Å²) in [4.78, 5) is 17.5. The Kier molecular flexibility index (Phi) is 4.00. The molecule has 2 atom stereocenters. The first kappa shape index (κ1) is 14.4. The van der Waals surface area contributed by atoms with Gasteiger partial charge in [0.1, 0.15) is 0 Å². The van der Waals surface area contributed by atoms with Crippen LogP contribution in [0.15, 0.2) is 29.0 Å². The van der Waals surface area contributed by atoms with Crippen molar-refractivity contribution in [1.82, 2.24) is 4.90 Å². The van der Waals surface area contributed by atoms with Gasteiger partial charge in [0.2, 0.25) is 0 Å². The molecular formula is C16H17NO3S2. The molecule has 0 spiro atoms. The van der Waals surface area contributed by atoms with Crippen LogP contribution in [0.1, 0.15) is 21.4 Å². The summed E-state index contributed by atoms with van der Waals surface area (Å²) in [6.07, 6.45) is 0.463. The number of nitrogens with zero attached hydrogens (tertiary/aromatic N) is 1. The summed E-state index contributed by atoms with van der Waals surface area (Å²) < 4.78 is 11.0. The first-order chi connectivity index (χ1) is 10.8. The molecule has 2 aliphatic rings. The maximum absolute atomic E-state index is 12.9. The van der Waals surface area contributed by atoms with Gasteiger partial charge in [0.15, 0.2) is 6.10 Å². The molecule has 22 heavy (non-hydrogen) atoms. The lowest BCUT2D eigenvalue weighted by atomic mass is 9.98. The van der Waals surface area contributed by atoms with Crippen molar-refractivity contribution < 1.29 is 14.3 Å². The Bertz CT molecular complexity index is 646. The number of fused-ring (bicyclic) bond motifs is 1. The average Bonchev–Trinajstić information content (AvgIpc) is 3.25. The van der Waals surface area contributed by atoms with Crippen LogP contribution in [0.4, 0.5) is 0 Å². The van der Waals surface area contributed by atoms with Gasteiger partial charge in [0.05, 0.1) is 25.9 Å². The summed E-state index contributed by atoms with van der Waals surface area (Å²) in [5, 5.41) is 4.19. The van der Waals surface area contributed by atoms with Crippen LogP contribution in [0.2, 0.25) is 0 Å².